The van der Waals surface area contributed by atoms with Crippen molar-refractivity contribution in [2.24, 2.45) is 5.41 Å². The van der Waals surface area contributed by atoms with Crippen molar-refractivity contribution in [3.63, 3.8) is 0 Å². The van der Waals surface area contributed by atoms with Gasteiger partial charge in [0.15, 0.2) is 0 Å². The molecule has 7 heteroatoms. The van der Waals surface area contributed by atoms with Gasteiger partial charge >= 0.3 is 0 Å². The van der Waals surface area contributed by atoms with Crippen molar-refractivity contribution in [1.29, 1.82) is 0 Å². The summed E-state index contributed by atoms with van der Waals surface area (Å²) in [5.74, 6) is 0.365. The van der Waals surface area contributed by atoms with Crippen LogP contribution < -0.4 is 0 Å². The second-order valence-electron chi connectivity index (χ2n) is 10.1. The van der Waals surface area contributed by atoms with Gasteiger partial charge in [-0.25, -0.2) is 4.39 Å². The average molecular weight is 432 g/mol. The van der Waals surface area contributed by atoms with Gasteiger partial charge in [0, 0.05) is 30.3 Å². The highest BCUT2D eigenvalue weighted by atomic mass is 19.1. The van der Waals surface area contributed by atoms with Crippen LogP contribution in [-0.2, 0) is 10.2 Å². The van der Waals surface area contributed by atoms with Crippen molar-refractivity contribution in [2.75, 3.05) is 13.1 Å². The maximum Gasteiger partial charge on any atom is 0.235 e. The van der Waals surface area contributed by atoms with Gasteiger partial charge in [0.25, 0.3) is 0 Å². The molecular weight excluding hydrogens is 405 g/mol. The number of benzene rings is 1. The van der Waals surface area contributed by atoms with Crippen LogP contribution in [0.5, 0.6) is 0 Å². The number of aromatic amines is 1. The Kier molecular flexibility index (Phi) is 3.96. The lowest BCUT2D eigenvalue weighted by Crippen LogP contribution is -2.58. The van der Waals surface area contributed by atoms with E-state index in [-0.39, 0.29) is 23.1 Å². The summed E-state index contributed by atoms with van der Waals surface area (Å²) in [7, 11) is 0. The van der Waals surface area contributed by atoms with Crippen LogP contribution in [0.2, 0.25) is 0 Å². The molecule has 1 aliphatic heterocycles. The Morgan fingerprint density at radius 1 is 1.22 bits per heavy atom. The SMILES string of the molecule is Cc1cn[nH]c1C1CN(C(=O)[C@]23CC[C@H](c4cc(-c5ccccc5F)nnc42)C3(C)C)C1. The highest BCUT2D eigenvalue weighted by Crippen LogP contribution is 2.68. The Balaban J connectivity index is 1.36. The molecule has 6 rings (SSSR count). The molecule has 2 aliphatic carbocycles. The molecule has 32 heavy (non-hydrogen) atoms. The van der Waals surface area contributed by atoms with Gasteiger partial charge < -0.3 is 4.90 Å². The zero-order valence-electron chi connectivity index (χ0n) is 18.5. The smallest absolute Gasteiger partial charge is 0.235 e. The molecule has 1 aromatic carbocycles. The highest BCUT2D eigenvalue weighted by Gasteiger charge is 2.68. The Bertz CT molecular complexity index is 1240. The summed E-state index contributed by atoms with van der Waals surface area (Å²) in [6, 6.07) is 8.60. The van der Waals surface area contributed by atoms with Gasteiger partial charge in [-0.05, 0) is 60.4 Å². The molecule has 2 fully saturated rings. The van der Waals surface area contributed by atoms with Crippen LogP contribution >= 0.6 is 0 Å². The van der Waals surface area contributed by atoms with E-state index in [1.54, 1.807) is 18.2 Å². The molecule has 164 valence electrons. The van der Waals surface area contributed by atoms with Crippen molar-refractivity contribution in [3.05, 3.63) is 64.9 Å². The van der Waals surface area contributed by atoms with Crippen molar-refractivity contribution in [2.45, 2.75) is 50.9 Å². The van der Waals surface area contributed by atoms with E-state index in [0.29, 0.717) is 30.3 Å². The van der Waals surface area contributed by atoms with Crippen molar-refractivity contribution in [3.8, 4) is 11.3 Å². The molecule has 2 atom stereocenters. The lowest BCUT2D eigenvalue weighted by molar-refractivity contribution is -0.145. The zero-order chi connectivity index (χ0) is 22.3. The first-order valence-electron chi connectivity index (χ1n) is 11.3. The fourth-order valence-corrected chi connectivity index (χ4v) is 6.46. The van der Waals surface area contributed by atoms with E-state index in [0.717, 1.165) is 35.4 Å². The minimum Gasteiger partial charge on any atom is -0.340 e. The number of hydrogen-bond acceptors (Lipinski definition) is 4. The molecular formula is C25H26FN5O. The average Bonchev–Trinajstić information content (AvgIpc) is 3.33. The summed E-state index contributed by atoms with van der Waals surface area (Å²) in [4.78, 5) is 15.9. The van der Waals surface area contributed by atoms with Crippen LogP contribution in [0.15, 0.2) is 36.5 Å². The second-order valence-corrected chi connectivity index (χ2v) is 10.1. The lowest BCUT2D eigenvalue weighted by atomic mass is 9.67. The number of carbonyl (C=O) groups excluding carboxylic acids is 1. The van der Waals surface area contributed by atoms with E-state index >= 15 is 0 Å². The van der Waals surface area contributed by atoms with E-state index in [4.69, 9.17) is 0 Å². The first-order chi connectivity index (χ1) is 15.3. The van der Waals surface area contributed by atoms with E-state index in [1.807, 2.05) is 24.1 Å². The van der Waals surface area contributed by atoms with Crippen LogP contribution in [-0.4, -0.2) is 44.3 Å². The van der Waals surface area contributed by atoms with Crippen LogP contribution in [0, 0.1) is 18.2 Å². The van der Waals surface area contributed by atoms with Crippen LogP contribution in [0.1, 0.15) is 61.0 Å². The first-order valence-corrected chi connectivity index (χ1v) is 11.3. The monoisotopic (exact) mass is 431 g/mol. The number of H-pyrrole nitrogens is 1. The molecule has 2 aromatic heterocycles. The predicted octanol–water partition coefficient (Wildman–Crippen LogP) is 4.10. The molecule has 0 radical (unpaired) electrons. The number of fused-ring (bicyclic) bond motifs is 5. The Labute approximate surface area is 186 Å². The number of hydrogen-bond donors (Lipinski definition) is 1. The third-order valence-corrected chi connectivity index (χ3v) is 8.34. The molecule has 0 spiro atoms. The maximum absolute atomic E-state index is 14.4. The number of rotatable bonds is 3. The minimum atomic E-state index is -0.665. The summed E-state index contributed by atoms with van der Waals surface area (Å²) < 4.78 is 14.4. The number of nitrogens with one attached hydrogen (secondary N) is 1. The topological polar surface area (TPSA) is 74.8 Å². The Hall–Kier alpha value is -3.09. The molecule has 1 amide bonds. The van der Waals surface area contributed by atoms with Gasteiger partial charge in [0.2, 0.25) is 5.91 Å². The molecule has 3 aromatic rings. The number of nitrogens with zero attached hydrogens (tertiary/aromatic N) is 4. The molecule has 1 N–H and O–H groups in total. The van der Waals surface area contributed by atoms with Gasteiger partial charge in [-0.2, -0.15) is 15.3 Å². The number of likely N-dealkylation sites (tertiary alicyclic amines) is 1. The number of aromatic nitrogens is 4. The first kappa shape index (κ1) is 19.6. The molecule has 1 saturated carbocycles. The van der Waals surface area contributed by atoms with Gasteiger partial charge in [-0.1, -0.05) is 26.0 Å². The highest BCUT2D eigenvalue weighted by molar-refractivity contribution is 5.92. The number of aryl methyl sites for hydroxylation is 1. The van der Waals surface area contributed by atoms with E-state index in [1.165, 1.54) is 6.07 Å². The fourth-order valence-electron chi connectivity index (χ4n) is 6.46. The standard InChI is InChI=1S/C25H26FN5O/c1-14-11-27-29-21(14)15-12-31(13-15)23(32)25-9-8-18(24(25,2)3)17-10-20(28-30-22(17)25)16-6-4-5-7-19(16)26/h4-7,10-11,15,18H,8-9,12-13H2,1-3H3,(H,27,29)/t18-,25+/m1/s1. The van der Waals surface area contributed by atoms with Gasteiger partial charge in [-0.3, -0.25) is 9.89 Å². The van der Waals surface area contributed by atoms with Crippen molar-refractivity contribution in [1.82, 2.24) is 25.3 Å². The van der Waals surface area contributed by atoms with Crippen LogP contribution in [0.25, 0.3) is 11.3 Å². The van der Waals surface area contributed by atoms with Gasteiger partial charge in [-0.15, -0.1) is 0 Å². The van der Waals surface area contributed by atoms with E-state index in [9.17, 15) is 9.18 Å². The third-order valence-electron chi connectivity index (χ3n) is 8.34. The van der Waals surface area contributed by atoms with E-state index < -0.39 is 5.41 Å². The second kappa shape index (κ2) is 6.47. The Morgan fingerprint density at radius 2 is 2.00 bits per heavy atom. The largest absolute Gasteiger partial charge is 0.340 e. The van der Waals surface area contributed by atoms with Crippen molar-refractivity contribution >= 4 is 5.91 Å². The normalized spacial score (nSPS) is 25.6. The molecule has 3 aliphatic rings. The third kappa shape index (κ3) is 2.34. The Morgan fingerprint density at radius 3 is 2.72 bits per heavy atom. The summed E-state index contributed by atoms with van der Waals surface area (Å²) in [5, 5.41) is 16.2. The minimum absolute atomic E-state index is 0.158. The van der Waals surface area contributed by atoms with Crippen LogP contribution in [0.3, 0.4) is 0 Å². The van der Waals surface area contributed by atoms with Crippen LogP contribution in [0.4, 0.5) is 4.39 Å². The quantitative estimate of drug-likeness (QED) is 0.678. The summed E-state index contributed by atoms with van der Waals surface area (Å²) >= 11 is 0. The maximum atomic E-state index is 14.4. The van der Waals surface area contributed by atoms with Gasteiger partial charge in [0.1, 0.15) is 5.82 Å². The number of amides is 1. The number of carbonyl (C=O) groups is 1. The van der Waals surface area contributed by atoms with Crippen molar-refractivity contribution < 1.29 is 9.18 Å². The fraction of sp³-hybridized carbons (Fsp3) is 0.440. The molecule has 1 saturated heterocycles. The lowest BCUT2D eigenvalue weighted by Gasteiger charge is -2.46. The van der Waals surface area contributed by atoms with Gasteiger partial charge in [0.05, 0.1) is 23.0 Å². The summed E-state index contributed by atoms with van der Waals surface area (Å²) in [6.07, 6.45) is 3.55. The molecule has 2 bridgehead atoms. The molecule has 3 heterocycles. The summed E-state index contributed by atoms with van der Waals surface area (Å²) in [6.45, 7) is 7.80. The predicted molar refractivity (Wildman–Crippen MR) is 118 cm³/mol. The number of halogens is 1. The molecule has 0 unspecified atom stereocenters. The molecule has 6 nitrogen and oxygen atoms in total. The van der Waals surface area contributed by atoms with E-state index in [2.05, 4.69) is 34.2 Å². The summed E-state index contributed by atoms with van der Waals surface area (Å²) in [5.41, 5.74) is 4.17. The zero-order valence-corrected chi connectivity index (χ0v) is 18.5.